The molecule has 12 heteroatoms. The molecule has 2 aliphatic rings. The summed E-state index contributed by atoms with van der Waals surface area (Å²) in [6, 6.07) is 1.74. The first-order valence-corrected chi connectivity index (χ1v) is 11.2. The van der Waals surface area contributed by atoms with Crippen LogP contribution in [0.25, 0.3) is 11.4 Å². The van der Waals surface area contributed by atoms with Gasteiger partial charge in [0.2, 0.25) is 11.9 Å². The van der Waals surface area contributed by atoms with E-state index in [-0.39, 0.29) is 16.5 Å². The van der Waals surface area contributed by atoms with Crippen LogP contribution in [0.5, 0.6) is 0 Å². The molecule has 4 rings (SSSR count). The van der Waals surface area contributed by atoms with Crippen molar-refractivity contribution in [3.8, 4) is 11.4 Å². The molecule has 2 aliphatic heterocycles. The summed E-state index contributed by atoms with van der Waals surface area (Å²) >= 11 is 0. The molecule has 0 amide bonds. The van der Waals surface area contributed by atoms with Crippen molar-refractivity contribution in [3.05, 3.63) is 12.3 Å². The Morgan fingerprint density at radius 1 is 0.966 bits per heavy atom. The second-order valence-corrected chi connectivity index (χ2v) is 8.81. The maximum absolute atomic E-state index is 12.3. The summed E-state index contributed by atoms with van der Waals surface area (Å²) in [7, 11) is -3.58. The first-order valence-electron chi connectivity index (χ1n) is 9.29. The summed E-state index contributed by atoms with van der Waals surface area (Å²) in [6.45, 7) is 5.02. The minimum atomic E-state index is -3.58. The van der Waals surface area contributed by atoms with E-state index in [1.807, 2.05) is 4.90 Å². The SMILES string of the molecule is CS(=O)(=O)c1cnc(N)nc1-c1cc(N2CCOCC2)nc(N2CCOCC2)n1. The fourth-order valence-corrected chi connectivity index (χ4v) is 3.99. The topological polar surface area (TPSA) is 137 Å². The largest absolute Gasteiger partial charge is 0.378 e. The van der Waals surface area contributed by atoms with E-state index in [2.05, 4.69) is 19.9 Å². The Labute approximate surface area is 168 Å². The van der Waals surface area contributed by atoms with E-state index >= 15 is 0 Å². The monoisotopic (exact) mass is 421 g/mol. The molecule has 29 heavy (non-hydrogen) atoms. The highest BCUT2D eigenvalue weighted by Gasteiger charge is 2.24. The molecule has 0 spiro atoms. The molecule has 0 bridgehead atoms. The van der Waals surface area contributed by atoms with Gasteiger partial charge in [0.1, 0.15) is 16.4 Å². The molecular weight excluding hydrogens is 398 g/mol. The quantitative estimate of drug-likeness (QED) is 0.690. The van der Waals surface area contributed by atoms with Crippen LogP contribution in [0.2, 0.25) is 0 Å². The number of hydrogen-bond donors (Lipinski definition) is 1. The van der Waals surface area contributed by atoms with Crippen molar-refractivity contribution in [2.75, 3.05) is 74.4 Å². The lowest BCUT2D eigenvalue weighted by molar-refractivity contribution is 0.121. The number of rotatable bonds is 4. The molecule has 2 aromatic rings. The molecule has 2 aromatic heterocycles. The van der Waals surface area contributed by atoms with Gasteiger partial charge in [-0.3, -0.25) is 0 Å². The van der Waals surface area contributed by atoms with E-state index in [1.165, 1.54) is 6.20 Å². The highest BCUT2D eigenvalue weighted by molar-refractivity contribution is 7.90. The summed E-state index contributed by atoms with van der Waals surface area (Å²) in [5, 5.41) is 0. The molecule has 0 aliphatic carbocycles. The molecular formula is C17H23N7O4S. The lowest BCUT2D eigenvalue weighted by atomic mass is 10.2. The van der Waals surface area contributed by atoms with Crippen molar-refractivity contribution in [2.24, 2.45) is 0 Å². The van der Waals surface area contributed by atoms with Gasteiger partial charge >= 0.3 is 0 Å². The maximum Gasteiger partial charge on any atom is 0.228 e. The molecule has 0 atom stereocenters. The smallest absolute Gasteiger partial charge is 0.228 e. The maximum atomic E-state index is 12.3. The van der Waals surface area contributed by atoms with Crippen molar-refractivity contribution in [3.63, 3.8) is 0 Å². The van der Waals surface area contributed by atoms with Crippen molar-refractivity contribution in [2.45, 2.75) is 4.90 Å². The zero-order valence-corrected chi connectivity index (χ0v) is 16.9. The molecule has 0 aromatic carbocycles. The van der Waals surface area contributed by atoms with Gasteiger partial charge in [-0.25, -0.2) is 23.4 Å². The Morgan fingerprint density at radius 2 is 1.59 bits per heavy atom. The van der Waals surface area contributed by atoms with Crippen LogP contribution in [0.1, 0.15) is 0 Å². The number of ether oxygens (including phenoxy) is 2. The van der Waals surface area contributed by atoms with Gasteiger partial charge in [0.15, 0.2) is 9.84 Å². The number of sulfone groups is 1. The van der Waals surface area contributed by atoms with Crippen LogP contribution in [0.3, 0.4) is 0 Å². The molecule has 2 N–H and O–H groups in total. The number of aromatic nitrogens is 4. The van der Waals surface area contributed by atoms with E-state index in [4.69, 9.17) is 20.2 Å². The summed E-state index contributed by atoms with van der Waals surface area (Å²) < 4.78 is 35.4. The van der Waals surface area contributed by atoms with Crippen molar-refractivity contribution in [1.82, 2.24) is 19.9 Å². The van der Waals surface area contributed by atoms with Gasteiger partial charge in [-0.15, -0.1) is 0 Å². The number of anilines is 3. The molecule has 11 nitrogen and oxygen atoms in total. The predicted octanol–water partition coefficient (Wildman–Crippen LogP) is -0.407. The third-order valence-corrected chi connectivity index (χ3v) is 5.84. The average molecular weight is 421 g/mol. The Morgan fingerprint density at radius 3 is 2.21 bits per heavy atom. The van der Waals surface area contributed by atoms with Crippen molar-refractivity contribution >= 4 is 27.6 Å². The highest BCUT2D eigenvalue weighted by atomic mass is 32.2. The molecule has 4 heterocycles. The van der Waals surface area contributed by atoms with Crippen LogP contribution >= 0.6 is 0 Å². The Hall–Kier alpha value is -2.57. The number of nitrogen functional groups attached to an aromatic ring is 1. The summed E-state index contributed by atoms with van der Waals surface area (Å²) in [5.74, 6) is 1.17. The Bertz CT molecular complexity index is 953. The number of nitrogens with two attached hydrogens (primary N) is 1. The van der Waals surface area contributed by atoms with Crippen molar-refractivity contribution < 1.29 is 17.9 Å². The van der Waals surface area contributed by atoms with Gasteiger partial charge in [-0.1, -0.05) is 0 Å². The van der Waals surface area contributed by atoms with E-state index in [9.17, 15) is 8.42 Å². The Kier molecular flexibility index (Phi) is 5.48. The fourth-order valence-electron chi connectivity index (χ4n) is 3.24. The summed E-state index contributed by atoms with van der Waals surface area (Å²) in [4.78, 5) is 21.5. The van der Waals surface area contributed by atoms with Gasteiger partial charge < -0.3 is 25.0 Å². The first kappa shape index (κ1) is 19.7. The van der Waals surface area contributed by atoms with Crippen LogP contribution in [0.4, 0.5) is 17.7 Å². The standard InChI is InChI=1S/C17H23N7O4S/c1-29(25,26)13-11-19-16(18)22-15(13)12-10-14(23-2-6-27-7-3-23)21-17(20-12)24-4-8-28-9-5-24/h10-11H,2-9H2,1H3,(H2,18,19,22). The fraction of sp³-hybridized carbons (Fsp3) is 0.529. The normalized spacial score (nSPS) is 18.1. The van der Waals surface area contributed by atoms with Gasteiger partial charge in [-0.05, 0) is 0 Å². The minimum Gasteiger partial charge on any atom is -0.378 e. The number of hydrogen-bond acceptors (Lipinski definition) is 11. The van der Waals surface area contributed by atoms with Crippen molar-refractivity contribution in [1.29, 1.82) is 0 Å². The summed E-state index contributed by atoms with van der Waals surface area (Å²) in [5.41, 5.74) is 6.31. The zero-order chi connectivity index (χ0) is 20.4. The second kappa shape index (κ2) is 8.05. The molecule has 156 valence electrons. The summed E-state index contributed by atoms with van der Waals surface area (Å²) in [6.07, 6.45) is 2.33. The number of nitrogens with zero attached hydrogens (tertiary/aromatic N) is 6. The van der Waals surface area contributed by atoms with E-state index in [0.717, 1.165) is 6.26 Å². The number of morpholine rings is 2. The van der Waals surface area contributed by atoms with Crippen LogP contribution in [-0.2, 0) is 19.3 Å². The average Bonchev–Trinajstić information content (AvgIpc) is 2.74. The Balaban J connectivity index is 1.85. The van der Waals surface area contributed by atoms with Crippen LogP contribution < -0.4 is 15.5 Å². The first-order chi connectivity index (χ1) is 13.9. The molecule has 0 radical (unpaired) electrons. The molecule has 2 fully saturated rings. The van der Waals surface area contributed by atoms with E-state index < -0.39 is 9.84 Å². The molecule has 0 unspecified atom stereocenters. The predicted molar refractivity (Wildman–Crippen MR) is 107 cm³/mol. The van der Waals surface area contributed by atoms with E-state index in [1.54, 1.807) is 6.07 Å². The zero-order valence-electron chi connectivity index (χ0n) is 16.1. The lowest BCUT2D eigenvalue weighted by Crippen LogP contribution is -2.39. The molecule has 2 saturated heterocycles. The van der Waals surface area contributed by atoms with Gasteiger partial charge in [0, 0.05) is 38.5 Å². The van der Waals surface area contributed by atoms with E-state index in [0.29, 0.717) is 70.1 Å². The van der Waals surface area contributed by atoms with Crippen LogP contribution in [0, 0.1) is 0 Å². The van der Waals surface area contributed by atoms with Crippen LogP contribution in [-0.4, -0.2) is 87.2 Å². The highest BCUT2D eigenvalue weighted by Crippen LogP contribution is 2.29. The third kappa shape index (κ3) is 4.38. The van der Waals surface area contributed by atoms with Gasteiger partial charge in [0.25, 0.3) is 0 Å². The van der Waals surface area contributed by atoms with Gasteiger partial charge in [-0.2, -0.15) is 4.98 Å². The second-order valence-electron chi connectivity index (χ2n) is 6.82. The third-order valence-electron chi connectivity index (χ3n) is 4.75. The van der Waals surface area contributed by atoms with Crippen LogP contribution in [0.15, 0.2) is 17.2 Å². The van der Waals surface area contributed by atoms with Gasteiger partial charge in [0.05, 0.1) is 38.3 Å². The lowest BCUT2D eigenvalue weighted by Gasteiger charge is -2.31. The molecule has 0 saturated carbocycles. The minimum absolute atomic E-state index is 0.0214.